The molecule has 1 atom stereocenters. The fourth-order valence-electron chi connectivity index (χ4n) is 1.53. The van der Waals surface area contributed by atoms with Crippen LogP contribution in [0.1, 0.15) is 12.8 Å². The van der Waals surface area contributed by atoms with E-state index in [1.165, 1.54) is 12.8 Å². The van der Waals surface area contributed by atoms with Crippen molar-refractivity contribution in [3.8, 4) is 0 Å². The van der Waals surface area contributed by atoms with E-state index in [2.05, 4.69) is 21.2 Å². The summed E-state index contributed by atoms with van der Waals surface area (Å²) in [6.07, 6.45) is 2.37. The molecule has 0 bridgehead atoms. The van der Waals surface area contributed by atoms with Gasteiger partial charge in [-0.3, -0.25) is 9.00 Å². The molecule has 98 valence electrons. The van der Waals surface area contributed by atoms with Gasteiger partial charge >= 0.3 is 0 Å². The predicted octanol–water partition coefficient (Wildman–Crippen LogP) is 1.67. The highest BCUT2D eigenvalue weighted by Crippen LogP contribution is 2.27. The first kappa shape index (κ1) is 13.5. The Balaban J connectivity index is 1.91. The Hall–Kier alpha value is -0.880. The number of carbonyl (C=O) groups is 1. The van der Waals surface area contributed by atoms with Crippen LogP contribution in [0.15, 0.2) is 27.6 Å². The molecule has 1 aromatic carbocycles. The lowest BCUT2D eigenvalue weighted by Crippen LogP contribution is -2.30. The van der Waals surface area contributed by atoms with Gasteiger partial charge in [-0.15, -0.1) is 0 Å². The molecule has 1 unspecified atom stereocenters. The number of benzene rings is 1. The van der Waals surface area contributed by atoms with Crippen LogP contribution in [0.25, 0.3) is 0 Å². The summed E-state index contributed by atoms with van der Waals surface area (Å²) in [6, 6.07) is 5.05. The van der Waals surface area contributed by atoms with E-state index in [0.29, 0.717) is 27.5 Å². The van der Waals surface area contributed by atoms with E-state index in [1.54, 1.807) is 18.2 Å². The third-order valence-corrected chi connectivity index (χ3v) is 5.04. The summed E-state index contributed by atoms with van der Waals surface area (Å²) >= 11 is 3.31. The number of anilines is 1. The van der Waals surface area contributed by atoms with E-state index < -0.39 is 10.8 Å². The highest BCUT2D eigenvalue weighted by Gasteiger charge is 2.22. The first-order chi connectivity index (χ1) is 8.56. The summed E-state index contributed by atoms with van der Waals surface area (Å²) in [6.45, 7) is 0.707. The van der Waals surface area contributed by atoms with Gasteiger partial charge < -0.3 is 11.1 Å². The smallest absolute Gasteiger partial charge is 0.233 e. The summed E-state index contributed by atoms with van der Waals surface area (Å²) in [5.74, 6) is 0.463. The average molecular weight is 331 g/mol. The molecule has 1 aliphatic carbocycles. The van der Waals surface area contributed by atoms with Crippen LogP contribution in [-0.2, 0) is 15.6 Å². The summed E-state index contributed by atoms with van der Waals surface area (Å²) in [5.41, 5.74) is 6.21. The number of halogens is 1. The molecule has 1 amide bonds. The van der Waals surface area contributed by atoms with Crippen molar-refractivity contribution in [1.82, 2.24) is 5.32 Å². The number of amides is 1. The fraction of sp³-hybridized carbons (Fsp3) is 0.417. The number of nitrogen functional groups attached to an aromatic ring is 1. The maximum absolute atomic E-state index is 12.0. The van der Waals surface area contributed by atoms with Crippen LogP contribution in [-0.4, -0.2) is 22.4 Å². The lowest BCUT2D eigenvalue weighted by Gasteiger charge is -2.06. The van der Waals surface area contributed by atoms with Gasteiger partial charge in [0.2, 0.25) is 5.91 Å². The highest BCUT2D eigenvalue weighted by molar-refractivity contribution is 9.10. The van der Waals surface area contributed by atoms with Crippen LogP contribution in [0.2, 0.25) is 0 Å². The molecule has 0 radical (unpaired) electrons. The number of rotatable bonds is 5. The van der Waals surface area contributed by atoms with Crippen LogP contribution in [0.4, 0.5) is 5.69 Å². The number of nitrogens with two attached hydrogens (primary N) is 1. The van der Waals surface area contributed by atoms with Crippen molar-refractivity contribution in [2.45, 2.75) is 17.7 Å². The lowest BCUT2D eigenvalue weighted by atomic mass is 10.3. The molecule has 0 heterocycles. The minimum Gasteiger partial charge on any atom is -0.399 e. The Morgan fingerprint density at radius 1 is 1.50 bits per heavy atom. The molecule has 1 saturated carbocycles. The van der Waals surface area contributed by atoms with E-state index in [1.807, 2.05) is 0 Å². The minimum absolute atomic E-state index is 0.00472. The Morgan fingerprint density at radius 2 is 2.22 bits per heavy atom. The normalized spacial score (nSPS) is 16.3. The van der Waals surface area contributed by atoms with Crippen molar-refractivity contribution in [3.63, 3.8) is 0 Å². The van der Waals surface area contributed by atoms with Crippen LogP contribution in [0, 0.1) is 5.92 Å². The van der Waals surface area contributed by atoms with E-state index in [4.69, 9.17) is 5.73 Å². The summed E-state index contributed by atoms with van der Waals surface area (Å²) < 4.78 is 12.7. The van der Waals surface area contributed by atoms with Crippen LogP contribution >= 0.6 is 15.9 Å². The second-order valence-corrected chi connectivity index (χ2v) is 6.70. The van der Waals surface area contributed by atoms with Crippen LogP contribution < -0.4 is 11.1 Å². The number of carbonyl (C=O) groups excluding carboxylic acids is 1. The largest absolute Gasteiger partial charge is 0.399 e. The van der Waals surface area contributed by atoms with E-state index >= 15 is 0 Å². The molecule has 3 N–H and O–H groups in total. The van der Waals surface area contributed by atoms with Crippen molar-refractivity contribution >= 4 is 38.3 Å². The van der Waals surface area contributed by atoms with E-state index in [9.17, 15) is 9.00 Å². The second-order valence-electron chi connectivity index (χ2n) is 4.43. The SMILES string of the molecule is Nc1ccc(S(=O)CC(=O)NCC2CC2)c(Br)c1. The predicted molar refractivity (Wildman–Crippen MR) is 75.6 cm³/mol. The summed E-state index contributed by atoms with van der Waals surface area (Å²) in [7, 11) is -1.34. The van der Waals surface area contributed by atoms with Crippen LogP contribution in [0.3, 0.4) is 0 Å². The van der Waals surface area contributed by atoms with Crippen molar-refractivity contribution in [2.24, 2.45) is 5.92 Å². The third kappa shape index (κ3) is 3.81. The zero-order valence-electron chi connectivity index (χ0n) is 9.82. The molecule has 0 spiro atoms. The molecule has 1 aliphatic rings. The van der Waals surface area contributed by atoms with Crippen LogP contribution in [0.5, 0.6) is 0 Å². The molecule has 1 fully saturated rings. The molecule has 6 heteroatoms. The third-order valence-electron chi connectivity index (χ3n) is 2.75. The van der Waals surface area contributed by atoms with Crippen molar-refractivity contribution in [2.75, 3.05) is 18.0 Å². The number of hydrogen-bond donors (Lipinski definition) is 2. The van der Waals surface area contributed by atoms with Crippen molar-refractivity contribution < 1.29 is 9.00 Å². The Morgan fingerprint density at radius 3 is 2.83 bits per heavy atom. The van der Waals surface area contributed by atoms with Crippen molar-refractivity contribution in [1.29, 1.82) is 0 Å². The number of hydrogen-bond acceptors (Lipinski definition) is 3. The molecule has 4 nitrogen and oxygen atoms in total. The molecule has 0 aliphatic heterocycles. The van der Waals surface area contributed by atoms with Gasteiger partial charge in [-0.05, 0) is 52.9 Å². The Bertz CT molecular complexity index is 489. The highest BCUT2D eigenvalue weighted by atomic mass is 79.9. The molecule has 0 saturated heterocycles. The summed E-state index contributed by atoms with van der Waals surface area (Å²) in [5, 5.41) is 2.80. The molecular weight excluding hydrogens is 316 g/mol. The monoisotopic (exact) mass is 330 g/mol. The standard InChI is InChI=1S/C12H15BrN2O2S/c13-10-5-9(14)3-4-11(10)18(17)7-12(16)15-6-8-1-2-8/h3-5,8H,1-2,6-7,14H2,(H,15,16). The maximum Gasteiger partial charge on any atom is 0.233 e. The Kier molecular flexibility index (Phi) is 4.40. The lowest BCUT2D eigenvalue weighted by molar-refractivity contribution is -0.118. The first-order valence-electron chi connectivity index (χ1n) is 5.76. The molecule has 18 heavy (non-hydrogen) atoms. The Labute approximate surface area is 117 Å². The van der Waals surface area contributed by atoms with Gasteiger partial charge in [0, 0.05) is 16.7 Å². The fourth-order valence-corrected chi connectivity index (χ4v) is 3.46. The second kappa shape index (κ2) is 5.84. The van der Waals surface area contributed by atoms with Gasteiger partial charge in [-0.1, -0.05) is 0 Å². The van der Waals surface area contributed by atoms with Gasteiger partial charge in [-0.2, -0.15) is 0 Å². The topological polar surface area (TPSA) is 72.2 Å². The van der Waals surface area contributed by atoms with Gasteiger partial charge in [0.25, 0.3) is 0 Å². The maximum atomic E-state index is 12.0. The number of nitrogens with one attached hydrogen (secondary N) is 1. The van der Waals surface area contributed by atoms with Gasteiger partial charge in [-0.25, -0.2) is 0 Å². The van der Waals surface area contributed by atoms with E-state index in [0.717, 1.165) is 0 Å². The van der Waals surface area contributed by atoms with Gasteiger partial charge in [0.05, 0.1) is 15.7 Å². The first-order valence-corrected chi connectivity index (χ1v) is 7.87. The van der Waals surface area contributed by atoms with E-state index in [-0.39, 0.29) is 11.7 Å². The zero-order chi connectivity index (χ0) is 13.1. The molecule has 2 rings (SSSR count). The quantitative estimate of drug-likeness (QED) is 0.806. The van der Waals surface area contributed by atoms with Crippen molar-refractivity contribution in [3.05, 3.63) is 22.7 Å². The summed E-state index contributed by atoms with van der Waals surface area (Å²) in [4.78, 5) is 12.2. The average Bonchev–Trinajstić information content (AvgIpc) is 3.09. The zero-order valence-corrected chi connectivity index (χ0v) is 12.2. The van der Waals surface area contributed by atoms with Gasteiger partial charge in [0.1, 0.15) is 5.75 Å². The van der Waals surface area contributed by atoms with Gasteiger partial charge in [0.15, 0.2) is 0 Å². The molecular formula is C12H15BrN2O2S. The molecule has 0 aromatic heterocycles. The minimum atomic E-state index is -1.34. The molecule has 1 aromatic rings.